The van der Waals surface area contributed by atoms with E-state index in [4.69, 9.17) is 4.74 Å². The zero-order valence-corrected chi connectivity index (χ0v) is 11.6. The molecule has 0 heterocycles. The minimum Gasteiger partial charge on any atom is -0.373 e. The van der Waals surface area contributed by atoms with Gasteiger partial charge in [0.1, 0.15) is 0 Å². The highest BCUT2D eigenvalue weighted by atomic mass is 16.5. The van der Waals surface area contributed by atoms with E-state index in [9.17, 15) is 0 Å². The molecule has 1 rings (SSSR count). The molecule has 0 saturated carbocycles. The van der Waals surface area contributed by atoms with Gasteiger partial charge < -0.3 is 10.1 Å². The number of benzene rings is 1. The summed E-state index contributed by atoms with van der Waals surface area (Å²) in [6, 6.07) is 8.54. The minimum atomic E-state index is 0.693. The fourth-order valence-electron chi connectivity index (χ4n) is 1.80. The van der Waals surface area contributed by atoms with Crippen molar-refractivity contribution in [1.29, 1.82) is 0 Å². The molecule has 0 aliphatic carbocycles. The lowest BCUT2D eigenvalue weighted by Crippen LogP contribution is -2.18. The van der Waals surface area contributed by atoms with E-state index in [1.807, 2.05) is 19.1 Å². The first-order valence-electron chi connectivity index (χ1n) is 6.84. The standard InChI is InChI=1S/C16H25NO/c1-3-5-13-18-14-16-9-7-6-8-15(16)10-12-17-11-4-2/h3,5-9,17H,4,10-14H2,1-2H3/b5-3+. The van der Waals surface area contributed by atoms with Crippen LogP contribution in [0, 0.1) is 0 Å². The Hall–Kier alpha value is -1.12. The third-order valence-electron chi connectivity index (χ3n) is 2.82. The zero-order valence-electron chi connectivity index (χ0n) is 11.6. The molecule has 0 radical (unpaired) electrons. The van der Waals surface area contributed by atoms with Crippen LogP contribution in [0.5, 0.6) is 0 Å². The van der Waals surface area contributed by atoms with Crippen LogP contribution in [0.1, 0.15) is 31.4 Å². The molecule has 18 heavy (non-hydrogen) atoms. The van der Waals surface area contributed by atoms with Gasteiger partial charge in [0.25, 0.3) is 0 Å². The molecule has 0 spiro atoms. The van der Waals surface area contributed by atoms with E-state index in [0.29, 0.717) is 13.2 Å². The van der Waals surface area contributed by atoms with Crippen LogP contribution in [0.2, 0.25) is 0 Å². The Labute approximate surface area is 111 Å². The first kappa shape index (κ1) is 14.9. The summed E-state index contributed by atoms with van der Waals surface area (Å²) in [6.07, 6.45) is 6.31. The van der Waals surface area contributed by atoms with Crippen molar-refractivity contribution < 1.29 is 4.74 Å². The quantitative estimate of drug-likeness (QED) is 0.534. The van der Waals surface area contributed by atoms with Gasteiger partial charge in [0.2, 0.25) is 0 Å². The van der Waals surface area contributed by atoms with Crippen LogP contribution < -0.4 is 5.32 Å². The highest BCUT2D eigenvalue weighted by Crippen LogP contribution is 2.10. The number of allylic oxidation sites excluding steroid dienone is 1. The van der Waals surface area contributed by atoms with Crippen molar-refractivity contribution in [2.24, 2.45) is 0 Å². The Morgan fingerprint density at radius 1 is 1.17 bits per heavy atom. The lowest BCUT2D eigenvalue weighted by atomic mass is 10.1. The molecule has 0 atom stereocenters. The normalized spacial score (nSPS) is 11.2. The Bertz CT molecular complexity index is 347. The molecule has 0 aliphatic rings. The average molecular weight is 247 g/mol. The maximum absolute atomic E-state index is 5.62. The van der Waals surface area contributed by atoms with Crippen LogP contribution in [0.15, 0.2) is 36.4 Å². The Morgan fingerprint density at radius 3 is 2.67 bits per heavy atom. The first-order valence-corrected chi connectivity index (χ1v) is 6.84. The summed E-state index contributed by atoms with van der Waals surface area (Å²) >= 11 is 0. The zero-order chi connectivity index (χ0) is 13.1. The molecule has 0 aliphatic heterocycles. The average Bonchev–Trinajstić information content (AvgIpc) is 2.41. The monoisotopic (exact) mass is 247 g/mol. The second kappa shape index (κ2) is 9.86. The number of hydrogen-bond acceptors (Lipinski definition) is 2. The molecule has 1 N–H and O–H groups in total. The lowest BCUT2D eigenvalue weighted by Gasteiger charge is -2.10. The Morgan fingerprint density at radius 2 is 1.94 bits per heavy atom. The number of rotatable bonds is 9. The molecule has 2 heteroatoms. The van der Waals surface area contributed by atoms with Crippen LogP contribution in [-0.2, 0) is 17.8 Å². The van der Waals surface area contributed by atoms with Gasteiger partial charge in [-0.3, -0.25) is 0 Å². The van der Waals surface area contributed by atoms with Crippen molar-refractivity contribution in [3.63, 3.8) is 0 Å². The van der Waals surface area contributed by atoms with Crippen LogP contribution in [-0.4, -0.2) is 19.7 Å². The van der Waals surface area contributed by atoms with Gasteiger partial charge in [0, 0.05) is 0 Å². The molecule has 0 unspecified atom stereocenters. The Balaban J connectivity index is 2.40. The van der Waals surface area contributed by atoms with E-state index in [1.165, 1.54) is 17.5 Å². The van der Waals surface area contributed by atoms with Gasteiger partial charge in [-0.15, -0.1) is 0 Å². The third kappa shape index (κ3) is 5.99. The largest absolute Gasteiger partial charge is 0.373 e. The summed E-state index contributed by atoms with van der Waals surface area (Å²) in [7, 11) is 0. The summed E-state index contributed by atoms with van der Waals surface area (Å²) in [5.41, 5.74) is 2.70. The Kier molecular flexibility index (Phi) is 8.19. The van der Waals surface area contributed by atoms with E-state index < -0.39 is 0 Å². The van der Waals surface area contributed by atoms with Gasteiger partial charge in [-0.1, -0.05) is 43.3 Å². The van der Waals surface area contributed by atoms with Gasteiger partial charge in [0.15, 0.2) is 0 Å². The van der Waals surface area contributed by atoms with E-state index in [-0.39, 0.29) is 0 Å². The predicted octanol–water partition coefficient (Wildman–Crippen LogP) is 3.32. The van der Waals surface area contributed by atoms with Crippen molar-refractivity contribution >= 4 is 0 Å². The third-order valence-corrected chi connectivity index (χ3v) is 2.82. The molecular formula is C16H25NO. The lowest BCUT2D eigenvalue weighted by molar-refractivity contribution is 0.148. The van der Waals surface area contributed by atoms with Crippen molar-refractivity contribution in [3.05, 3.63) is 47.5 Å². The smallest absolute Gasteiger partial charge is 0.0723 e. The summed E-state index contributed by atoms with van der Waals surface area (Å²) < 4.78 is 5.62. The molecule has 1 aromatic rings. The van der Waals surface area contributed by atoms with E-state index >= 15 is 0 Å². The van der Waals surface area contributed by atoms with Gasteiger partial charge in [0.05, 0.1) is 13.2 Å². The maximum Gasteiger partial charge on any atom is 0.0723 e. The molecule has 0 amide bonds. The number of nitrogens with one attached hydrogen (secondary N) is 1. The van der Waals surface area contributed by atoms with Crippen LogP contribution in [0.4, 0.5) is 0 Å². The summed E-state index contributed by atoms with van der Waals surface area (Å²) in [4.78, 5) is 0. The molecule has 2 nitrogen and oxygen atoms in total. The first-order chi connectivity index (χ1) is 8.88. The van der Waals surface area contributed by atoms with Gasteiger partial charge in [-0.2, -0.15) is 0 Å². The number of ether oxygens (including phenoxy) is 1. The molecule has 0 fully saturated rings. The summed E-state index contributed by atoms with van der Waals surface area (Å²) in [6.45, 7) is 7.74. The molecule has 0 saturated heterocycles. The predicted molar refractivity (Wildman–Crippen MR) is 77.8 cm³/mol. The molecular weight excluding hydrogens is 222 g/mol. The van der Waals surface area contributed by atoms with Crippen molar-refractivity contribution in [2.45, 2.75) is 33.3 Å². The fraction of sp³-hybridized carbons (Fsp3) is 0.500. The topological polar surface area (TPSA) is 21.3 Å². The molecule has 0 bridgehead atoms. The SMILES string of the molecule is C/C=C/COCc1ccccc1CCNCCC. The van der Waals surface area contributed by atoms with Crippen molar-refractivity contribution in [2.75, 3.05) is 19.7 Å². The van der Waals surface area contributed by atoms with Gasteiger partial charge in [-0.05, 0) is 44.0 Å². The second-order valence-electron chi connectivity index (χ2n) is 4.35. The highest BCUT2D eigenvalue weighted by Gasteiger charge is 2.01. The van der Waals surface area contributed by atoms with E-state index in [0.717, 1.165) is 19.5 Å². The van der Waals surface area contributed by atoms with Crippen LogP contribution in [0.25, 0.3) is 0 Å². The molecule has 100 valence electrons. The molecule has 1 aromatic carbocycles. The van der Waals surface area contributed by atoms with E-state index in [1.54, 1.807) is 0 Å². The molecule has 0 aromatic heterocycles. The van der Waals surface area contributed by atoms with Gasteiger partial charge in [-0.25, -0.2) is 0 Å². The van der Waals surface area contributed by atoms with Gasteiger partial charge >= 0.3 is 0 Å². The highest BCUT2D eigenvalue weighted by molar-refractivity contribution is 5.26. The van der Waals surface area contributed by atoms with Crippen LogP contribution >= 0.6 is 0 Å². The number of hydrogen-bond donors (Lipinski definition) is 1. The van der Waals surface area contributed by atoms with E-state index in [2.05, 4.69) is 36.5 Å². The fourth-order valence-corrected chi connectivity index (χ4v) is 1.80. The summed E-state index contributed by atoms with van der Waals surface area (Å²) in [5, 5.41) is 3.44. The summed E-state index contributed by atoms with van der Waals surface area (Å²) in [5.74, 6) is 0. The second-order valence-corrected chi connectivity index (χ2v) is 4.35. The minimum absolute atomic E-state index is 0.693. The van der Waals surface area contributed by atoms with Crippen molar-refractivity contribution in [3.8, 4) is 0 Å². The van der Waals surface area contributed by atoms with Crippen molar-refractivity contribution in [1.82, 2.24) is 5.32 Å². The van der Waals surface area contributed by atoms with Crippen LogP contribution in [0.3, 0.4) is 0 Å². The maximum atomic E-state index is 5.62.